The minimum Gasteiger partial charge on any atom is -0.326 e. The van der Waals surface area contributed by atoms with Gasteiger partial charge in [0.2, 0.25) is 0 Å². The summed E-state index contributed by atoms with van der Waals surface area (Å²) in [5.74, 6) is -0.0534. The molecule has 2 aliphatic rings. The van der Waals surface area contributed by atoms with Crippen LogP contribution >= 0.6 is 15.9 Å². The number of ketones is 1. The number of hydrogen-bond donors (Lipinski definition) is 1. The molecule has 108 valence electrons. The van der Waals surface area contributed by atoms with Gasteiger partial charge in [-0.1, -0.05) is 12.1 Å². The number of amides is 2. The largest absolute Gasteiger partial charge is 0.326 e. The highest BCUT2D eigenvalue weighted by molar-refractivity contribution is 9.10. The Balaban J connectivity index is 2.18. The molecular formula is C15H14BrN3O2. The molecule has 21 heavy (non-hydrogen) atoms. The second-order valence-electron chi connectivity index (χ2n) is 4.96. The van der Waals surface area contributed by atoms with Crippen molar-refractivity contribution in [2.75, 3.05) is 6.54 Å². The third-order valence-electron chi connectivity index (χ3n) is 3.64. The maximum atomic E-state index is 12.3. The van der Waals surface area contributed by atoms with Crippen LogP contribution in [0.2, 0.25) is 0 Å². The summed E-state index contributed by atoms with van der Waals surface area (Å²) in [6.07, 6.45) is 6.30. The first-order chi connectivity index (χ1) is 10.1. The van der Waals surface area contributed by atoms with E-state index in [-0.39, 0.29) is 11.8 Å². The Hall–Kier alpha value is -1.95. The van der Waals surface area contributed by atoms with Crippen molar-refractivity contribution >= 4 is 27.7 Å². The molecule has 0 aliphatic carbocycles. The van der Waals surface area contributed by atoms with E-state index >= 15 is 0 Å². The van der Waals surface area contributed by atoms with Crippen LogP contribution in [0.5, 0.6) is 0 Å². The molecule has 3 rings (SSSR count). The number of halogens is 1. The lowest BCUT2D eigenvalue weighted by molar-refractivity contribution is -0.114. The molecule has 2 amide bonds. The summed E-state index contributed by atoms with van der Waals surface area (Å²) in [4.78, 5) is 30.2. The second-order valence-corrected chi connectivity index (χ2v) is 5.71. The molecule has 0 saturated heterocycles. The predicted molar refractivity (Wildman–Crippen MR) is 81.4 cm³/mol. The van der Waals surface area contributed by atoms with Gasteiger partial charge in [0.1, 0.15) is 4.60 Å². The number of urea groups is 1. The third kappa shape index (κ3) is 2.40. The second kappa shape index (κ2) is 5.44. The summed E-state index contributed by atoms with van der Waals surface area (Å²) < 4.78 is 0.628. The highest BCUT2D eigenvalue weighted by atomic mass is 79.9. The molecular weight excluding hydrogens is 334 g/mol. The number of nitrogens with zero attached hydrogens (tertiary/aromatic N) is 2. The monoisotopic (exact) mass is 347 g/mol. The maximum Gasteiger partial charge on any atom is 0.322 e. The van der Waals surface area contributed by atoms with Crippen molar-refractivity contribution in [2.24, 2.45) is 0 Å². The van der Waals surface area contributed by atoms with Gasteiger partial charge in [0.05, 0.1) is 11.7 Å². The van der Waals surface area contributed by atoms with E-state index in [0.717, 1.165) is 12.0 Å². The maximum absolute atomic E-state index is 12.3. The topological polar surface area (TPSA) is 62.3 Å². The Morgan fingerprint density at radius 1 is 1.52 bits per heavy atom. The number of carbonyl (C=O) groups is 2. The molecule has 2 aliphatic heterocycles. The zero-order valence-electron chi connectivity index (χ0n) is 11.5. The standard InChI is InChI=1S/C15H14BrN3O2/c1-9(20)12-11-6-2-3-8-19(11)15(21)18-13(12)10-5-4-7-17-14(10)16/h2,4-7,13H,3,8H2,1H3,(H,18,21). The first-order valence-electron chi connectivity index (χ1n) is 6.69. The fraction of sp³-hybridized carbons (Fsp3) is 0.267. The lowest BCUT2D eigenvalue weighted by atomic mass is 9.92. The molecule has 3 heterocycles. The first kappa shape index (κ1) is 14.0. The Bertz CT molecular complexity index is 681. The Morgan fingerprint density at radius 2 is 2.33 bits per heavy atom. The van der Waals surface area contributed by atoms with Gasteiger partial charge in [0.15, 0.2) is 5.78 Å². The van der Waals surface area contributed by atoms with Gasteiger partial charge in [-0.2, -0.15) is 0 Å². The van der Waals surface area contributed by atoms with Crippen molar-refractivity contribution < 1.29 is 9.59 Å². The summed E-state index contributed by atoms with van der Waals surface area (Å²) in [6.45, 7) is 2.12. The SMILES string of the molecule is CC(=O)C1=C2C=CCCN2C(=O)NC1c1cccnc1Br. The molecule has 5 nitrogen and oxygen atoms in total. The van der Waals surface area contributed by atoms with Gasteiger partial charge < -0.3 is 5.32 Å². The van der Waals surface area contributed by atoms with Gasteiger partial charge in [-0.3, -0.25) is 9.69 Å². The lowest BCUT2D eigenvalue weighted by Crippen LogP contribution is -2.48. The van der Waals surface area contributed by atoms with Crippen molar-refractivity contribution in [1.29, 1.82) is 0 Å². The minimum absolute atomic E-state index is 0.0534. The van der Waals surface area contributed by atoms with Crippen LogP contribution in [0.15, 0.2) is 46.4 Å². The van der Waals surface area contributed by atoms with Crippen LogP contribution in [0, 0.1) is 0 Å². The first-order valence-corrected chi connectivity index (χ1v) is 7.49. The summed E-state index contributed by atoms with van der Waals surface area (Å²) in [5, 5.41) is 2.91. The van der Waals surface area contributed by atoms with Gasteiger partial charge in [0, 0.05) is 23.9 Å². The number of nitrogens with one attached hydrogen (secondary N) is 1. The molecule has 6 heteroatoms. The molecule has 0 saturated carbocycles. The van der Waals surface area contributed by atoms with Gasteiger partial charge in [-0.15, -0.1) is 0 Å². The normalized spacial score (nSPS) is 21.1. The molecule has 1 aromatic rings. The number of pyridine rings is 1. The summed E-state index contributed by atoms with van der Waals surface area (Å²) in [7, 11) is 0. The average molecular weight is 348 g/mol. The molecule has 0 radical (unpaired) electrons. The van der Waals surface area contributed by atoms with Crippen molar-refractivity contribution in [3.05, 3.63) is 51.9 Å². The van der Waals surface area contributed by atoms with E-state index in [1.807, 2.05) is 18.2 Å². The summed E-state index contributed by atoms with van der Waals surface area (Å²) in [5.41, 5.74) is 2.07. The Morgan fingerprint density at radius 3 is 3.05 bits per heavy atom. The van der Waals surface area contributed by atoms with Crippen LogP contribution in [-0.2, 0) is 4.79 Å². The number of fused-ring (bicyclic) bond motifs is 1. The fourth-order valence-corrected chi connectivity index (χ4v) is 3.19. The van der Waals surface area contributed by atoms with E-state index in [0.29, 0.717) is 22.4 Å². The third-order valence-corrected chi connectivity index (χ3v) is 4.30. The van der Waals surface area contributed by atoms with Crippen molar-refractivity contribution in [2.45, 2.75) is 19.4 Å². The number of Topliss-reactive ketones (excluding diaryl/α,β-unsaturated/α-hetero) is 1. The quantitative estimate of drug-likeness (QED) is 0.836. The highest BCUT2D eigenvalue weighted by Gasteiger charge is 2.36. The number of carbonyl (C=O) groups excluding carboxylic acids is 2. The average Bonchev–Trinajstić information content (AvgIpc) is 2.47. The zero-order valence-corrected chi connectivity index (χ0v) is 13.1. The fourth-order valence-electron chi connectivity index (χ4n) is 2.71. The van der Waals surface area contributed by atoms with E-state index in [1.54, 1.807) is 17.2 Å². The number of aromatic nitrogens is 1. The molecule has 1 N–H and O–H groups in total. The van der Waals surface area contributed by atoms with Gasteiger partial charge >= 0.3 is 6.03 Å². The van der Waals surface area contributed by atoms with Crippen LogP contribution in [0.4, 0.5) is 4.79 Å². The van der Waals surface area contributed by atoms with Crippen LogP contribution in [0.3, 0.4) is 0 Å². The van der Waals surface area contributed by atoms with Crippen LogP contribution < -0.4 is 5.32 Å². The number of hydrogen-bond acceptors (Lipinski definition) is 3. The Kier molecular flexibility index (Phi) is 3.63. The molecule has 1 aromatic heterocycles. The molecule has 0 bridgehead atoms. The molecule has 0 fully saturated rings. The van der Waals surface area contributed by atoms with Gasteiger partial charge in [-0.05, 0) is 41.4 Å². The van der Waals surface area contributed by atoms with Gasteiger partial charge in [-0.25, -0.2) is 9.78 Å². The smallest absolute Gasteiger partial charge is 0.322 e. The summed E-state index contributed by atoms with van der Waals surface area (Å²) >= 11 is 3.39. The van der Waals surface area contributed by atoms with Crippen molar-refractivity contribution in [3.8, 4) is 0 Å². The van der Waals surface area contributed by atoms with Crippen molar-refractivity contribution in [3.63, 3.8) is 0 Å². The Labute approximate surface area is 130 Å². The minimum atomic E-state index is -0.480. The summed E-state index contributed by atoms with van der Waals surface area (Å²) in [6, 6.07) is 2.98. The van der Waals surface area contributed by atoms with Crippen LogP contribution in [0.1, 0.15) is 24.9 Å². The predicted octanol–water partition coefficient (Wildman–Crippen LogP) is 2.71. The van der Waals surface area contributed by atoms with E-state index < -0.39 is 6.04 Å². The zero-order chi connectivity index (χ0) is 15.0. The molecule has 1 unspecified atom stereocenters. The van der Waals surface area contributed by atoms with E-state index in [9.17, 15) is 9.59 Å². The highest BCUT2D eigenvalue weighted by Crippen LogP contribution is 2.35. The number of allylic oxidation sites excluding steroid dienone is 1. The van der Waals surface area contributed by atoms with Crippen molar-refractivity contribution in [1.82, 2.24) is 15.2 Å². The van der Waals surface area contributed by atoms with E-state index in [1.165, 1.54) is 6.92 Å². The lowest BCUT2D eigenvalue weighted by Gasteiger charge is -2.37. The molecule has 1 atom stereocenters. The van der Waals surface area contributed by atoms with Crippen LogP contribution in [0.25, 0.3) is 0 Å². The molecule has 0 aromatic carbocycles. The van der Waals surface area contributed by atoms with Crippen LogP contribution in [-0.4, -0.2) is 28.2 Å². The number of rotatable bonds is 2. The van der Waals surface area contributed by atoms with Gasteiger partial charge in [0.25, 0.3) is 0 Å². The van der Waals surface area contributed by atoms with E-state index in [4.69, 9.17) is 0 Å². The van der Waals surface area contributed by atoms with E-state index in [2.05, 4.69) is 26.2 Å². The molecule has 0 spiro atoms.